The van der Waals surface area contributed by atoms with Crippen molar-refractivity contribution in [3.8, 4) is 0 Å². The lowest BCUT2D eigenvalue weighted by molar-refractivity contribution is -0.160. The van der Waals surface area contributed by atoms with Gasteiger partial charge in [-0.3, -0.25) is 14.4 Å². The predicted octanol–water partition coefficient (Wildman–Crippen LogP) is 5.81. The van der Waals surface area contributed by atoms with E-state index < -0.39 is 5.60 Å². The van der Waals surface area contributed by atoms with Crippen LogP contribution < -0.4 is 0 Å². The summed E-state index contributed by atoms with van der Waals surface area (Å²) in [7, 11) is 0. The van der Waals surface area contributed by atoms with Crippen molar-refractivity contribution < 1.29 is 19.1 Å². The zero-order valence-corrected chi connectivity index (χ0v) is 22.6. The van der Waals surface area contributed by atoms with Crippen molar-refractivity contribution in [2.24, 2.45) is 11.8 Å². The van der Waals surface area contributed by atoms with Crippen molar-refractivity contribution in [1.82, 2.24) is 14.5 Å². The number of amides is 1. The van der Waals surface area contributed by atoms with Gasteiger partial charge in [0.15, 0.2) is 5.78 Å². The van der Waals surface area contributed by atoms with Crippen molar-refractivity contribution in [2.75, 3.05) is 6.54 Å². The number of Topliss-reactive ketones (excluding diaryl/α,β-unsaturated/α-hetero) is 1. The van der Waals surface area contributed by atoms with E-state index in [1.807, 2.05) is 36.4 Å². The van der Waals surface area contributed by atoms with Crippen LogP contribution in [0.4, 0.5) is 0 Å². The first-order valence-electron chi connectivity index (χ1n) is 13.2. The SMILES string of the molecule is CC(=O)c1cn(C[C@@H]2CCCN2C(=O)[C@@H](CC(=O)OC(C)(C)C)C2CCCCC2)c2ncc(Cl)cc12. The number of pyridine rings is 1. The molecule has 196 valence electrons. The summed E-state index contributed by atoms with van der Waals surface area (Å²) in [4.78, 5) is 45.5. The molecule has 1 aliphatic heterocycles. The monoisotopic (exact) mass is 515 g/mol. The molecule has 2 atom stereocenters. The number of nitrogens with zero attached hydrogens (tertiary/aromatic N) is 3. The van der Waals surface area contributed by atoms with Gasteiger partial charge >= 0.3 is 5.97 Å². The Bertz CT molecular complexity index is 1130. The average molecular weight is 516 g/mol. The molecular formula is C28H38ClN3O4. The molecule has 0 spiro atoms. The van der Waals surface area contributed by atoms with Gasteiger partial charge in [0.1, 0.15) is 11.2 Å². The summed E-state index contributed by atoms with van der Waals surface area (Å²) >= 11 is 6.16. The zero-order valence-electron chi connectivity index (χ0n) is 21.9. The number of likely N-dealkylation sites (tertiary alicyclic amines) is 1. The Hall–Kier alpha value is -2.41. The number of fused-ring (bicyclic) bond motifs is 1. The Kier molecular flexibility index (Phi) is 8.08. The second-order valence-electron chi connectivity index (χ2n) is 11.4. The minimum atomic E-state index is -0.576. The fraction of sp³-hybridized carbons (Fsp3) is 0.643. The molecule has 0 radical (unpaired) electrons. The fourth-order valence-corrected chi connectivity index (χ4v) is 6.03. The first kappa shape index (κ1) is 26.6. The molecule has 36 heavy (non-hydrogen) atoms. The average Bonchev–Trinajstić information content (AvgIpc) is 3.41. The number of carbonyl (C=O) groups is 3. The van der Waals surface area contributed by atoms with Crippen molar-refractivity contribution in [3.05, 3.63) is 29.0 Å². The van der Waals surface area contributed by atoms with Crippen LogP contribution >= 0.6 is 11.6 Å². The van der Waals surface area contributed by atoms with Crippen LogP contribution in [-0.2, 0) is 20.9 Å². The minimum absolute atomic E-state index is 0.0184. The van der Waals surface area contributed by atoms with E-state index in [2.05, 4.69) is 4.98 Å². The Labute approximate surface area is 218 Å². The van der Waals surface area contributed by atoms with Gasteiger partial charge in [0, 0.05) is 42.5 Å². The standard InChI is InChI=1S/C28H38ClN3O4/c1-18(33)24-17-31(26-23(24)13-20(29)15-30-26)16-21-11-8-12-32(21)27(35)22(19-9-6-5-7-10-19)14-25(34)36-28(2,3)4/h13,15,17,19,21-22H,5-12,14,16H2,1-4H3/t21-,22-/m0/s1. The van der Waals surface area contributed by atoms with Crippen LogP contribution in [0.25, 0.3) is 11.0 Å². The summed E-state index contributed by atoms with van der Waals surface area (Å²) in [6.45, 7) is 8.34. The number of carbonyl (C=O) groups excluding carboxylic acids is 3. The van der Waals surface area contributed by atoms with Crippen LogP contribution in [0.3, 0.4) is 0 Å². The summed E-state index contributed by atoms with van der Waals surface area (Å²) in [5.41, 5.74) is 0.704. The minimum Gasteiger partial charge on any atom is -0.460 e. The maximum absolute atomic E-state index is 14.0. The number of rotatable bonds is 7. The lowest BCUT2D eigenvalue weighted by Crippen LogP contribution is -2.45. The van der Waals surface area contributed by atoms with E-state index in [0.717, 1.165) is 43.9 Å². The second-order valence-corrected chi connectivity index (χ2v) is 11.8. The molecule has 0 N–H and O–H groups in total. The number of aromatic nitrogens is 2. The molecule has 2 aliphatic rings. The summed E-state index contributed by atoms with van der Waals surface area (Å²) < 4.78 is 7.59. The van der Waals surface area contributed by atoms with Crippen LogP contribution in [0, 0.1) is 11.8 Å². The van der Waals surface area contributed by atoms with Gasteiger partial charge in [0.2, 0.25) is 5.91 Å². The van der Waals surface area contributed by atoms with Crippen LogP contribution in [0.1, 0.15) is 89.4 Å². The van der Waals surface area contributed by atoms with Gasteiger partial charge in [-0.05, 0) is 65.4 Å². The van der Waals surface area contributed by atoms with Gasteiger partial charge in [-0.2, -0.15) is 0 Å². The molecule has 0 aromatic carbocycles. The van der Waals surface area contributed by atoms with E-state index in [1.54, 1.807) is 12.3 Å². The molecule has 0 bridgehead atoms. The molecule has 2 fully saturated rings. The third-order valence-corrected chi connectivity index (χ3v) is 7.68. The molecule has 1 saturated heterocycles. The Morgan fingerprint density at radius 3 is 2.53 bits per heavy atom. The summed E-state index contributed by atoms with van der Waals surface area (Å²) in [6, 6.07) is 1.75. The number of hydrogen-bond donors (Lipinski definition) is 0. The second kappa shape index (κ2) is 10.9. The van der Waals surface area contributed by atoms with Crippen molar-refractivity contribution >= 4 is 40.3 Å². The predicted molar refractivity (Wildman–Crippen MR) is 140 cm³/mol. The quantitative estimate of drug-likeness (QED) is 0.343. The molecule has 7 nitrogen and oxygen atoms in total. The molecule has 8 heteroatoms. The maximum Gasteiger partial charge on any atom is 0.307 e. The van der Waals surface area contributed by atoms with Gasteiger partial charge in [0.25, 0.3) is 0 Å². The largest absolute Gasteiger partial charge is 0.460 e. The number of ether oxygens (including phenoxy) is 1. The number of ketones is 1. The highest BCUT2D eigenvalue weighted by atomic mass is 35.5. The van der Waals surface area contributed by atoms with Crippen LogP contribution in [0.2, 0.25) is 5.02 Å². The lowest BCUT2D eigenvalue weighted by Gasteiger charge is -2.35. The lowest BCUT2D eigenvalue weighted by atomic mass is 9.77. The molecule has 1 aliphatic carbocycles. The van der Waals surface area contributed by atoms with Gasteiger partial charge in [-0.15, -0.1) is 0 Å². The molecule has 4 rings (SSSR count). The summed E-state index contributed by atoms with van der Waals surface area (Å²) in [5, 5.41) is 1.22. The van der Waals surface area contributed by atoms with E-state index in [4.69, 9.17) is 16.3 Å². The molecule has 0 unspecified atom stereocenters. The summed E-state index contributed by atoms with van der Waals surface area (Å²) in [6.07, 6.45) is 10.7. The smallest absolute Gasteiger partial charge is 0.307 e. The molecule has 1 saturated carbocycles. The zero-order chi connectivity index (χ0) is 26.0. The number of esters is 1. The van der Waals surface area contributed by atoms with Crippen LogP contribution in [0.15, 0.2) is 18.5 Å². The number of halogens is 1. The van der Waals surface area contributed by atoms with E-state index in [9.17, 15) is 14.4 Å². The fourth-order valence-electron chi connectivity index (χ4n) is 5.88. The van der Waals surface area contributed by atoms with E-state index in [0.29, 0.717) is 29.3 Å². The molecule has 3 heterocycles. The normalized spacial score (nSPS) is 20.0. The van der Waals surface area contributed by atoms with Crippen LogP contribution in [0.5, 0.6) is 0 Å². The van der Waals surface area contributed by atoms with Gasteiger partial charge in [-0.1, -0.05) is 30.9 Å². The third-order valence-electron chi connectivity index (χ3n) is 7.47. The highest BCUT2D eigenvalue weighted by Gasteiger charge is 2.39. The van der Waals surface area contributed by atoms with Gasteiger partial charge < -0.3 is 14.2 Å². The number of hydrogen-bond acceptors (Lipinski definition) is 5. The summed E-state index contributed by atoms with van der Waals surface area (Å²) in [5.74, 6) is -0.426. The molecule has 1 amide bonds. The van der Waals surface area contributed by atoms with Crippen LogP contribution in [-0.4, -0.2) is 50.3 Å². The van der Waals surface area contributed by atoms with E-state index in [1.165, 1.54) is 13.3 Å². The van der Waals surface area contributed by atoms with E-state index in [-0.39, 0.29) is 42.0 Å². The Morgan fingerprint density at radius 2 is 1.86 bits per heavy atom. The molecular weight excluding hydrogens is 478 g/mol. The first-order valence-corrected chi connectivity index (χ1v) is 13.6. The van der Waals surface area contributed by atoms with E-state index >= 15 is 0 Å². The van der Waals surface area contributed by atoms with Gasteiger partial charge in [-0.25, -0.2) is 4.98 Å². The molecule has 2 aromatic rings. The topological polar surface area (TPSA) is 81.5 Å². The Balaban J connectivity index is 1.57. The third kappa shape index (κ3) is 6.10. The highest BCUT2D eigenvalue weighted by molar-refractivity contribution is 6.31. The first-order chi connectivity index (χ1) is 17.0. The van der Waals surface area contributed by atoms with Crippen molar-refractivity contribution in [2.45, 2.75) is 97.2 Å². The Morgan fingerprint density at radius 1 is 1.14 bits per heavy atom. The van der Waals surface area contributed by atoms with Crippen molar-refractivity contribution in [3.63, 3.8) is 0 Å². The van der Waals surface area contributed by atoms with Crippen molar-refractivity contribution in [1.29, 1.82) is 0 Å². The van der Waals surface area contributed by atoms with Gasteiger partial charge in [0.05, 0.1) is 17.4 Å². The molecule has 2 aromatic heterocycles. The maximum atomic E-state index is 14.0. The highest BCUT2D eigenvalue weighted by Crippen LogP contribution is 2.36.